The summed E-state index contributed by atoms with van der Waals surface area (Å²) in [5, 5.41) is 4.33. The van der Waals surface area contributed by atoms with E-state index in [1.54, 1.807) is 0 Å². The van der Waals surface area contributed by atoms with Crippen molar-refractivity contribution in [2.75, 3.05) is 5.32 Å². The van der Waals surface area contributed by atoms with Gasteiger partial charge in [-0.15, -0.1) is 0 Å². The highest BCUT2D eigenvalue weighted by atomic mass is 16.3. The first-order chi connectivity index (χ1) is 14.3. The first kappa shape index (κ1) is 17.2. The van der Waals surface area contributed by atoms with E-state index in [1.165, 1.54) is 11.9 Å². The molecule has 0 fully saturated rings. The number of benzene rings is 3. The first-order valence-corrected chi connectivity index (χ1v) is 9.51. The molecule has 0 atom stereocenters. The Balaban J connectivity index is 1.77. The van der Waals surface area contributed by atoms with Crippen molar-refractivity contribution in [3.05, 3.63) is 96.8 Å². The van der Waals surface area contributed by atoms with Gasteiger partial charge in [0.1, 0.15) is 17.9 Å². The van der Waals surface area contributed by atoms with Gasteiger partial charge in [0, 0.05) is 16.8 Å². The Labute approximate surface area is 168 Å². The average Bonchev–Trinajstić information content (AvgIpc) is 3.16. The predicted octanol–water partition coefficient (Wildman–Crippen LogP) is 6.61. The van der Waals surface area contributed by atoms with E-state index in [2.05, 4.69) is 46.5 Å². The highest BCUT2D eigenvalue weighted by molar-refractivity contribution is 6.06. The Kier molecular flexibility index (Phi) is 4.30. The van der Waals surface area contributed by atoms with Crippen LogP contribution in [0.1, 0.15) is 5.56 Å². The molecule has 4 heteroatoms. The van der Waals surface area contributed by atoms with Gasteiger partial charge in [0.15, 0.2) is 0 Å². The lowest BCUT2D eigenvalue weighted by Gasteiger charge is -2.09. The largest absolute Gasteiger partial charge is 0.437 e. The molecule has 4 nitrogen and oxygen atoms in total. The fourth-order valence-corrected chi connectivity index (χ4v) is 3.56. The Morgan fingerprint density at radius 1 is 0.759 bits per heavy atom. The molecule has 0 aliphatic carbocycles. The highest BCUT2D eigenvalue weighted by Crippen LogP contribution is 2.42. The van der Waals surface area contributed by atoms with Gasteiger partial charge in [0.2, 0.25) is 5.71 Å². The van der Waals surface area contributed by atoms with E-state index >= 15 is 0 Å². The van der Waals surface area contributed by atoms with Crippen LogP contribution in [-0.4, -0.2) is 9.97 Å². The fourth-order valence-electron chi connectivity index (χ4n) is 3.56. The van der Waals surface area contributed by atoms with Crippen molar-refractivity contribution in [3.8, 4) is 22.5 Å². The molecule has 29 heavy (non-hydrogen) atoms. The molecule has 0 aliphatic rings. The van der Waals surface area contributed by atoms with Crippen LogP contribution < -0.4 is 5.32 Å². The third-order valence-electron chi connectivity index (χ3n) is 4.87. The van der Waals surface area contributed by atoms with Crippen LogP contribution in [0.2, 0.25) is 0 Å². The second kappa shape index (κ2) is 7.24. The molecule has 0 radical (unpaired) electrons. The number of rotatable bonds is 4. The van der Waals surface area contributed by atoms with E-state index in [1.807, 2.05) is 60.7 Å². The minimum Gasteiger partial charge on any atom is -0.437 e. The second-order valence-corrected chi connectivity index (χ2v) is 6.94. The third kappa shape index (κ3) is 3.25. The van der Waals surface area contributed by atoms with Crippen LogP contribution in [0, 0.1) is 6.92 Å². The van der Waals surface area contributed by atoms with Gasteiger partial charge in [-0.25, -0.2) is 9.97 Å². The summed E-state index contributed by atoms with van der Waals surface area (Å²) in [6.07, 6.45) is 1.54. The van der Waals surface area contributed by atoms with Gasteiger partial charge in [0.25, 0.3) is 0 Å². The monoisotopic (exact) mass is 377 g/mol. The number of aryl methyl sites for hydroxylation is 1. The van der Waals surface area contributed by atoms with Crippen molar-refractivity contribution in [3.63, 3.8) is 0 Å². The zero-order valence-corrected chi connectivity index (χ0v) is 16.0. The highest BCUT2D eigenvalue weighted by Gasteiger charge is 2.22. The molecule has 3 aromatic carbocycles. The summed E-state index contributed by atoms with van der Waals surface area (Å²) < 4.78 is 6.25. The van der Waals surface area contributed by atoms with Gasteiger partial charge in [-0.2, -0.15) is 0 Å². The van der Waals surface area contributed by atoms with Gasteiger partial charge in [-0.3, -0.25) is 0 Å². The quantitative estimate of drug-likeness (QED) is 0.383. The zero-order chi connectivity index (χ0) is 19.6. The molecular weight excluding hydrogens is 358 g/mol. The van der Waals surface area contributed by atoms with Crippen molar-refractivity contribution >= 4 is 22.6 Å². The van der Waals surface area contributed by atoms with E-state index in [9.17, 15) is 0 Å². The summed E-state index contributed by atoms with van der Waals surface area (Å²) in [7, 11) is 0. The number of nitrogens with one attached hydrogen (secondary N) is 1. The average molecular weight is 377 g/mol. The molecule has 140 valence electrons. The molecule has 1 N–H and O–H groups in total. The smallest absolute Gasteiger partial charge is 0.232 e. The van der Waals surface area contributed by atoms with Gasteiger partial charge >= 0.3 is 0 Å². The van der Waals surface area contributed by atoms with Gasteiger partial charge < -0.3 is 9.73 Å². The van der Waals surface area contributed by atoms with Crippen LogP contribution in [0.5, 0.6) is 0 Å². The number of aromatic nitrogens is 2. The molecule has 0 bridgehead atoms. The van der Waals surface area contributed by atoms with Gasteiger partial charge in [0.05, 0.1) is 5.39 Å². The zero-order valence-electron chi connectivity index (χ0n) is 16.0. The SMILES string of the molecule is Cc1cccc(Nc2ncnc3oc(-c4ccccc4)c(-c4ccccc4)c23)c1. The number of anilines is 2. The van der Waals surface area contributed by atoms with E-state index in [0.717, 1.165) is 39.3 Å². The molecule has 5 rings (SSSR count). The number of nitrogens with zero attached hydrogens (tertiary/aromatic N) is 2. The second-order valence-electron chi connectivity index (χ2n) is 6.94. The van der Waals surface area contributed by atoms with Gasteiger partial charge in [-0.1, -0.05) is 72.8 Å². The van der Waals surface area contributed by atoms with E-state index in [0.29, 0.717) is 5.71 Å². The standard InChI is InChI=1S/C25H19N3O/c1-17-9-8-14-20(15-17)28-24-22-21(18-10-4-2-5-11-18)23(19-12-6-3-7-13-19)29-25(22)27-16-26-24/h2-16H,1H3,(H,26,27,28). The van der Waals surface area contributed by atoms with E-state index < -0.39 is 0 Å². The molecule has 0 spiro atoms. The summed E-state index contributed by atoms with van der Waals surface area (Å²) in [6.45, 7) is 2.07. The number of hydrogen-bond acceptors (Lipinski definition) is 4. The predicted molar refractivity (Wildman–Crippen MR) is 117 cm³/mol. The lowest BCUT2D eigenvalue weighted by atomic mass is 9.99. The maximum atomic E-state index is 6.25. The number of hydrogen-bond donors (Lipinski definition) is 1. The first-order valence-electron chi connectivity index (χ1n) is 9.51. The minimum atomic E-state index is 0.563. The van der Waals surface area contributed by atoms with Crippen molar-refractivity contribution < 1.29 is 4.42 Å². The molecule has 5 aromatic rings. The van der Waals surface area contributed by atoms with E-state index in [4.69, 9.17) is 4.42 Å². The van der Waals surface area contributed by atoms with Gasteiger partial charge in [-0.05, 0) is 30.2 Å². The Morgan fingerprint density at radius 2 is 1.48 bits per heavy atom. The molecule has 0 amide bonds. The van der Waals surface area contributed by atoms with Crippen molar-refractivity contribution in [1.29, 1.82) is 0 Å². The fraction of sp³-hybridized carbons (Fsp3) is 0.0400. The molecule has 2 aromatic heterocycles. The Bertz CT molecular complexity index is 1280. The third-order valence-corrected chi connectivity index (χ3v) is 4.87. The maximum absolute atomic E-state index is 6.25. The van der Waals surface area contributed by atoms with Crippen LogP contribution in [0.25, 0.3) is 33.6 Å². The molecule has 2 heterocycles. The number of fused-ring (bicyclic) bond motifs is 1. The van der Waals surface area contributed by atoms with Crippen LogP contribution in [0.15, 0.2) is 95.7 Å². The van der Waals surface area contributed by atoms with Crippen LogP contribution in [0.4, 0.5) is 11.5 Å². The lowest BCUT2D eigenvalue weighted by Crippen LogP contribution is -1.96. The summed E-state index contributed by atoms with van der Waals surface area (Å²) >= 11 is 0. The Morgan fingerprint density at radius 3 is 2.21 bits per heavy atom. The van der Waals surface area contributed by atoms with Crippen molar-refractivity contribution in [1.82, 2.24) is 9.97 Å². The van der Waals surface area contributed by atoms with Crippen LogP contribution in [0.3, 0.4) is 0 Å². The minimum absolute atomic E-state index is 0.563. The maximum Gasteiger partial charge on any atom is 0.232 e. The molecule has 0 saturated carbocycles. The summed E-state index contributed by atoms with van der Waals surface area (Å²) in [6, 6.07) is 28.6. The lowest BCUT2D eigenvalue weighted by molar-refractivity contribution is 0.618. The molecule has 0 aliphatic heterocycles. The summed E-state index contributed by atoms with van der Waals surface area (Å²) in [4.78, 5) is 8.96. The van der Waals surface area contributed by atoms with Crippen molar-refractivity contribution in [2.24, 2.45) is 0 Å². The topological polar surface area (TPSA) is 51.0 Å². The van der Waals surface area contributed by atoms with Crippen LogP contribution in [-0.2, 0) is 0 Å². The molecule has 0 unspecified atom stereocenters. The van der Waals surface area contributed by atoms with Crippen LogP contribution >= 0.6 is 0 Å². The normalized spacial score (nSPS) is 10.9. The summed E-state index contributed by atoms with van der Waals surface area (Å²) in [5.74, 6) is 1.52. The molecule has 0 saturated heterocycles. The van der Waals surface area contributed by atoms with E-state index in [-0.39, 0.29) is 0 Å². The number of furan rings is 1. The van der Waals surface area contributed by atoms with Crippen molar-refractivity contribution in [2.45, 2.75) is 6.92 Å². The Hall–Kier alpha value is -3.92. The summed E-state index contributed by atoms with van der Waals surface area (Å²) in [5.41, 5.74) is 5.78. The molecular formula is C25H19N3O.